The number of hydrogen-bond donors (Lipinski definition) is 2. The van der Waals surface area contributed by atoms with Gasteiger partial charge in [0.15, 0.2) is 0 Å². The number of carbonyl (C=O) groups is 1. The zero-order valence-electron chi connectivity index (χ0n) is 11.6. The fourth-order valence-corrected chi connectivity index (χ4v) is 2.39. The molecule has 0 aliphatic heterocycles. The van der Waals surface area contributed by atoms with Crippen LogP contribution in [0.5, 0.6) is 0 Å². The quantitative estimate of drug-likeness (QED) is 0.834. The molecule has 3 nitrogen and oxygen atoms in total. The van der Waals surface area contributed by atoms with Crippen molar-refractivity contribution in [3.8, 4) is 0 Å². The molecule has 0 spiro atoms. The molecule has 0 unspecified atom stereocenters. The standard InChI is InChI=1S/C16H20FNO2/c1-11(10-12-2-4-13(17)5-3-12)16(20)18-14-6-8-15(19)9-7-14/h2-5,10,14-15,19H,6-9H2,1H3,(H,18,20)/b11-10-. The fourth-order valence-electron chi connectivity index (χ4n) is 2.39. The van der Waals surface area contributed by atoms with Crippen molar-refractivity contribution in [2.45, 2.75) is 44.8 Å². The van der Waals surface area contributed by atoms with E-state index in [2.05, 4.69) is 5.32 Å². The molecule has 1 aromatic rings. The molecule has 20 heavy (non-hydrogen) atoms. The Bertz CT molecular complexity index is 488. The van der Waals surface area contributed by atoms with Crippen LogP contribution in [0.2, 0.25) is 0 Å². The van der Waals surface area contributed by atoms with Crippen molar-refractivity contribution in [2.75, 3.05) is 0 Å². The van der Waals surface area contributed by atoms with Gasteiger partial charge >= 0.3 is 0 Å². The van der Waals surface area contributed by atoms with Gasteiger partial charge in [0.2, 0.25) is 5.91 Å². The van der Waals surface area contributed by atoms with Crippen LogP contribution in [0.1, 0.15) is 38.2 Å². The monoisotopic (exact) mass is 277 g/mol. The van der Waals surface area contributed by atoms with E-state index in [0.29, 0.717) is 5.57 Å². The number of amides is 1. The number of benzene rings is 1. The Balaban J connectivity index is 1.93. The topological polar surface area (TPSA) is 49.3 Å². The molecule has 1 saturated carbocycles. The third-order valence-corrected chi connectivity index (χ3v) is 3.64. The third kappa shape index (κ3) is 4.17. The van der Waals surface area contributed by atoms with E-state index in [0.717, 1.165) is 31.2 Å². The maximum absolute atomic E-state index is 12.8. The van der Waals surface area contributed by atoms with E-state index < -0.39 is 0 Å². The summed E-state index contributed by atoms with van der Waals surface area (Å²) in [6.07, 6.45) is 4.64. The number of nitrogens with one attached hydrogen (secondary N) is 1. The number of rotatable bonds is 3. The number of aliphatic hydroxyl groups excluding tert-OH is 1. The first-order chi connectivity index (χ1) is 9.54. The minimum atomic E-state index is -0.287. The van der Waals surface area contributed by atoms with Gasteiger partial charge in [0.1, 0.15) is 5.82 Å². The average molecular weight is 277 g/mol. The van der Waals surface area contributed by atoms with Crippen LogP contribution in [0.4, 0.5) is 4.39 Å². The van der Waals surface area contributed by atoms with Crippen molar-refractivity contribution in [3.05, 3.63) is 41.2 Å². The molecule has 1 amide bonds. The van der Waals surface area contributed by atoms with Gasteiger partial charge in [-0.3, -0.25) is 4.79 Å². The molecule has 1 aliphatic rings. The van der Waals surface area contributed by atoms with Gasteiger partial charge in [-0.05, 0) is 56.4 Å². The zero-order chi connectivity index (χ0) is 14.5. The highest BCUT2D eigenvalue weighted by molar-refractivity contribution is 5.97. The molecular weight excluding hydrogens is 257 g/mol. The molecule has 1 aliphatic carbocycles. The summed E-state index contributed by atoms with van der Waals surface area (Å²) >= 11 is 0. The third-order valence-electron chi connectivity index (χ3n) is 3.64. The minimum absolute atomic E-state index is 0.101. The summed E-state index contributed by atoms with van der Waals surface area (Å²) in [4.78, 5) is 12.0. The largest absolute Gasteiger partial charge is 0.393 e. The van der Waals surface area contributed by atoms with Crippen molar-refractivity contribution in [1.29, 1.82) is 0 Å². The van der Waals surface area contributed by atoms with Crippen LogP contribution < -0.4 is 5.32 Å². The van der Waals surface area contributed by atoms with Crippen LogP contribution in [-0.4, -0.2) is 23.2 Å². The van der Waals surface area contributed by atoms with Crippen LogP contribution in [0.15, 0.2) is 29.8 Å². The lowest BCUT2D eigenvalue weighted by atomic mass is 9.93. The summed E-state index contributed by atoms with van der Waals surface area (Å²) in [5.74, 6) is -0.388. The Morgan fingerprint density at radius 3 is 2.45 bits per heavy atom. The van der Waals surface area contributed by atoms with E-state index in [1.807, 2.05) is 0 Å². The predicted octanol–water partition coefficient (Wildman–Crippen LogP) is 2.65. The molecule has 0 heterocycles. The van der Waals surface area contributed by atoms with Crippen LogP contribution in [-0.2, 0) is 4.79 Å². The molecule has 0 atom stereocenters. The first-order valence-electron chi connectivity index (χ1n) is 6.97. The Labute approximate surface area is 118 Å². The van der Waals surface area contributed by atoms with E-state index in [1.165, 1.54) is 12.1 Å². The molecule has 4 heteroatoms. The van der Waals surface area contributed by atoms with E-state index in [1.54, 1.807) is 25.1 Å². The normalized spacial score (nSPS) is 23.4. The molecule has 1 aromatic carbocycles. The second kappa shape index (κ2) is 6.66. The van der Waals surface area contributed by atoms with Crippen molar-refractivity contribution in [2.24, 2.45) is 0 Å². The van der Waals surface area contributed by atoms with Crippen molar-refractivity contribution >= 4 is 12.0 Å². The summed E-state index contributed by atoms with van der Waals surface area (Å²) < 4.78 is 12.8. The molecule has 0 aromatic heterocycles. The number of hydrogen-bond acceptors (Lipinski definition) is 2. The maximum atomic E-state index is 12.8. The first-order valence-corrected chi connectivity index (χ1v) is 6.97. The van der Waals surface area contributed by atoms with Gasteiger partial charge in [-0.15, -0.1) is 0 Å². The number of aliphatic hydroxyl groups is 1. The van der Waals surface area contributed by atoms with Gasteiger partial charge in [0.25, 0.3) is 0 Å². The highest BCUT2D eigenvalue weighted by atomic mass is 19.1. The maximum Gasteiger partial charge on any atom is 0.247 e. The summed E-state index contributed by atoms with van der Waals surface area (Å²) in [5.41, 5.74) is 1.40. The summed E-state index contributed by atoms with van der Waals surface area (Å²) in [5, 5.41) is 12.4. The van der Waals surface area contributed by atoms with E-state index in [4.69, 9.17) is 0 Å². The van der Waals surface area contributed by atoms with Crippen molar-refractivity contribution < 1.29 is 14.3 Å². The van der Waals surface area contributed by atoms with Crippen LogP contribution >= 0.6 is 0 Å². The molecule has 0 radical (unpaired) electrons. The second-order valence-electron chi connectivity index (χ2n) is 5.36. The van der Waals surface area contributed by atoms with Gasteiger partial charge in [-0.25, -0.2) is 4.39 Å². The van der Waals surface area contributed by atoms with Crippen molar-refractivity contribution in [3.63, 3.8) is 0 Å². The Hall–Kier alpha value is -1.68. The zero-order valence-corrected chi connectivity index (χ0v) is 11.6. The summed E-state index contributed by atoms with van der Waals surface area (Å²) in [6, 6.07) is 6.17. The lowest BCUT2D eigenvalue weighted by Gasteiger charge is -2.26. The van der Waals surface area contributed by atoms with Crippen LogP contribution in [0.3, 0.4) is 0 Å². The molecule has 1 fully saturated rings. The lowest BCUT2D eigenvalue weighted by molar-refractivity contribution is -0.118. The van der Waals surface area contributed by atoms with Gasteiger partial charge in [-0.1, -0.05) is 12.1 Å². The minimum Gasteiger partial charge on any atom is -0.393 e. The molecule has 0 bridgehead atoms. The van der Waals surface area contributed by atoms with Gasteiger partial charge in [0.05, 0.1) is 6.10 Å². The SMILES string of the molecule is C/C(=C/c1ccc(F)cc1)C(=O)NC1CCC(O)CC1. The second-order valence-corrected chi connectivity index (χ2v) is 5.36. The molecular formula is C16H20FNO2. The predicted molar refractivity (Wildman–Crippen MR) is 76.5 cm³/mol. The summed E-state index contributed by atoms with van der Waals surface area (Å²) in [7, 11) is 0. The highest BCUT2D eigenvalue weighted by Crippen LogP contribution is 2.18. The van der Waals surface area contributed by atoms with E-state index >= 15 is 0 Å². The Morgan fingerprint density at radius 2 is 1.85 bits per heavy atom. The molecule has 2 rings (SSSR count). The Kier molecular flexibility index (Phi) is 4.90. The first kappa shape index (κ1) is 14.7. The van der Waals surface area contributed by atoms with E-state index in [-0.39, 0.29) is 23.9 Å². The Morgan fingerprint density at radius 1 is 1.25 bits per heavy atom. The molecule has 2 N–H and O–H groups in total. The summed E-state index contributed by atoms with van der Waals surface area (Å²) in [6.45, 7) is 1.75. The highest BCUT2D eigenvalue weighted by Gasteiger charge is 2.20. The van der Waals surface area contributed by atoms with Gasteiger partial charge in [0, 0.05) is 11.6 Å². The van der Waals surface area contributed by atoms with Gasteiger partial charge in [-0.2, -0.15) is 0 Å². The van der Waals surface area contributed by atoms with E-state index in [9.17, 15) is 14.3 Å². The number of halogens is 1. The van der Waals surface area contributed by atoms with Crippen LogP contribution in [0, 0.1) is 5.82 Å². The van der Waals surface area contributed by atoms with Crippen molar-refractivity contribution in [1.82, 2.24) is 5.32 Å². The fraction of sp³-hybridized carbons (Fsp3) is 0.438. The molecule has 108 valence electrons. The van der Waals surface area contributed by atoms with Gasteiger partial charge < -0.3 is 10.4 Å². The molecule has 0 saturated heterocycles. The average Bonchev–Trinajstić information content (AvgIpc) is 2.44. The lowest BCUT2D eigenvalue weighted by Crippen LogP contribution is -2.38. The smallest absolute Gasteiger partial charge is 0.247 e. The van der Waals surface area contributed by atoms with Crippen LogP contribution in [0.25, 0.3) is 6.08 Å². The number of carbonyl (C=O) groups excluding carboxylic acids is 1.